The lowest BCUT2D eigenvalue weighted by Crippen LogP contribution is -2.30. The summed E-state index contributed by atoms with van der Waals surface area (Å²) in [6.07, 6.45) is -0.798. The van der Waals surface area contributed by atoms with Crippen LogP contribution >= 0.6 is 11.8 Å². The summed E-state index contributed by atoms with van der Waals surface area (Å²) in [7, 11) is 0. The van der Waals surface area contributed by atoms with Gasteiger partial charge in [0.2, 0.25) is 0 Å². The highest BCUT2D eigenvalue weighted by Gasteiger charge is 2.19. The summed E-state index contributed by atoms with van der Waals surface area (Å²) in [6.45, 7) is 3.18. The second-order valence-corrected chi connectivity index (χ2v) is 6.16. The first-order valence-corrected chi connectivity index (χ1v) is 8.24. The van der Waals surface area contributed by atoms with Crippen molar-refractivity contribution in [1.29, 1.82) is 0 Å². The molecule has 24 heavy (non-hydrogen) atoms. The third-order valence-electron chi connectivity index (χ3n) is 2.95. The largest absolute Gasteiger partial charge is 0.453 e. The predicted octanol–water partition coefficient (Wildman–Crippen LogP) is 3.17. The smallest absolute Gasteiger partial charge is 0.307 e. The number of carbonyl (C=O) groups excluding carboxylic acids is 2. The molecule has 0 fully saturated rings. The van der Waals surface area contributed by atoms with E-state index < -0.39 is 18.0 Å². The van der Waals surface area contributed by atoms with Gasteiger partial charge in [0, 0.05) is 16.7 Å². The van der Waals surface area contributed by atoms with E-state index in [1.807, 2.05) is 0 Å². The van der Waals surface area contributed by atoms with Crippen LogP contribution in [0.2, 0.25) is 0 Å². The van der Waals surface area contributed by atoms with Crippen LogP contribution in [-0.2, 0) is 14.3 Å². The van der Waals surface area contributed by atoms with Crippen molar-refractivity contribution in [2.45, 2.75) is 31.3 Å². The number of aryl methyl sites for hydroxylation is 1. The number of carbonyl (C=O) groups is 2. The van der Waals surface area contributed by atoms with Gasteiger partial charge in [-0.25, -0.2) is 4.39 Å². The molecule has 0 radical (unpaired) electrons. The molecule has 0 saturated carbocycles. The highest BCUT2D eigenvalue weighted by atomic mass is 32.2. The molecule has 0 spiro atoms. The van der Waals surface area contributed by atoms with Crippen LogP contribution < -0.4 is 5.32 Å². The summed E-state index contributed by atoms with van der Waals surface area (Å²) < 4.78 is 22.7. The third kappa shape index (κ3) is 5.69. The summed E-state index contributed by atoms with van der Waals surface area (Å²) >= 11 is 1.41. The van der Waals surface area contributed by atoms with Crippen molar-refractivity contribution < 1.29 is 23.2 Å². The van der Waals surface area contributed by atoms with Gasteiger partial charge >= 0.3 is 5.97 Å². The van der Waals surface area contributed by atoms with Crippen molar-refractivity contribution in [2.75, 3.05) is 11.1 Å². The molecule has 0 saturated heterocycles. The first-order chi connectivity index (χ1) is 11.4. The van der Waals surface area contributed by atoms with Gasteiger partial charge in [0.25, 0.3) is 5.91 Å². The predicted molar refractivity (Wildman–Crippen MR) is 87.2 cm³/mol. The molecule has 128 valence electrons. The molecule has 6 nitrogen and oxygen atoms in total. The monoisotopic (exact) mass is 352 g/mol. The van der Waals surface area contributed by atoms with E-state index >= 15 is 0 Å². The molecule has 8 heteroatoms. The Kier molecular flexibility index (Phi) is 6.36. The molecule has 1 aromatic carbocycles. The van der Waals surface area contributed by atoms with E-state index in [1.165, 1.54) is 30.8 Å². The van der Waals surface area contributed by atoms with E-state index in [1.54, 1.807) is 25.1 Å². The fourth-order valence-corrected chi connectivity index (χ4v) is 2.58. The number of hydrogen-bond acceptors (Lipinski definition) is 6. The number of esters is 1. The normalized spacial score (nSPS) is 11.8. The Morgan fingerprint density at radius 1 is 1.38 bits per heavy atom. The van der Waals surface area contributed by atoms with Gasteiger partial charge in [-0.3, -0.25) is 9.59 Å². The quantitative estimate of drug-likeness (QED) is 0.609. The standard InChI is InChI=1S/C16H17FN2O4S/c1-10-9-14(19-23-10)18-16(21)11(2)22-15(20)7-8-24-13-5-3-12(17)4-6-13/h3-6,9,11H,7-8H2,1-2H3,(H,18,19,21)/t11-/m0/s1. The molecular formula is C16H17FN2O4S. The second kappa shape index (κ2) is 8.49. The molecule has 0 aliphatic carbocycles. The Morgan fingerprint density at radius 2 is 2.08 bits per heavy atom. The Labute approximate surface area is 142 Å². The molecule has 0 unspecified atom stereocenters. The highest BCUT2D eigenvalue weighted by Crippen LogP contribution is 2.19. The molecule has 0 aliphatic heterocycles. The number of amides is 1. The topological polar surface area (TPSA) is 81.4 Å². The number of aromatic nitrogens is 1. The molecule has 2 rings (SSSR count). The number of benzene rings is 1. The number of anilines is 1. The van der Waals surface area contributed by atoms with Gasteiger partial charge in [-0.05, 0) is 38.1 Å². The minimum atomic E-state index is -0.940. The van der Waals surface area contributed by atoms with Crippen LogP contribution in [0, 0.1) is 12.7 Å². The summed E-state index contributed by atoms with van der Waals surface area (Å²) in [5.41, 5.74) is 0. The zero-order valence-corrected chi connectivity index (χ0v) is 14.1. The first kappa shape index (κ1) is 18.0. The highest BCUT2D eigenvalue weighted by molar-refractivity contribution is 7.99. The lowest BCUT2D eigenvalue weighted by atomic mass is 10.3. The second-order valence-electron chi connectivity index (χ2n) is 5.00. The molecule has 1 amide bonds. The molecule has 2 aromatic rings. The lowest BCUT2D eigenvalue weighted by molar-refractivity contribution is -0.152. The molecule has 1 atom stereocenters. The number of hydrogen-bond donors (Lipinski definition) is 1. The number of halogens is 1. The molecule has 0 aliphatic rings. The van der Waals surface area contributed by atoms with Gasteiger partial charge in [0.1, 0.15) is 11.6 Å². The van der Waals surface area contributed by atoms with Crippen molar-refractivity contribution in [3.63, 3.8) is 0 Å². The van der Waals surface area contributed by atoms with Crippen molar-refractivity contribution in [3.05, 3.63) is 41.9 Å². The van der Waals surface area contributed by atoms with Crippen molar-refractivity contribution in [2.24, 2.45) is 0 Å². The summed E-state index contributed by atoms with van der Waals surface area (Å²) in [5.74, 6) is 0.0359. The van der Waals surface area contributed by atoms with Gasteiger partial charge in [-0.2, -0.15) is 0 Å². The van der Waals surface area contributed by atoms with E-state index in [9.17, 15) is 14.0 Å². The van der Waals surface area contributed by atoms with Crippen molar-refractivity contribution in [3.8, 4) is 0 Å². The number of ether oxygens (including phenoxy) is 1. The SMILES string of the molecule is Cc1cc(NC(=O)[C@H](C)OC(=O)CCSc2ccc(F)cc2)no1. The van der Waals surface area contributed by atoms with E-state index in [2.05, 4.69) is 10.5 Å². The Bertz CT molecular complexity index is 702. The van der Waals surface area contributed by atoms with Gasteiger partial charge in [0.15, 0.2) is 11.9 Å². The first-order valence-electron chi connectivity index (χ1n) is 7.26. The number of nitrogens with zero attached hydrogens (tertiary/aromatic N) is 1. The van der Waals surface area contributed by atoms with Gasteiger partial charge in [0.05, 0.1) is 6.42 Å². The van der Waals surface area contributed by atoms with E-state index in [0.717, 1.165) is 4.90 Å². The summed E-state index contributed by atoms with van der Waals surface area (Å²) in [5, 5.41) is 6.12. The lowest BCUT2D eigenvalue weighted by Gasteiger charge is -2.12. The van der Waals surface area contributed by atoms with Gasteiger partial charge in [-0.15, -0.1) is 11.8 Å². The van der Waals surface area contributed by atoms with Crippen LogP contribution in [0.5, 0.6) is 0 Å². The molecule has 1 heterocycles. The zero-order chi connectivity index (χ0) is 17.5. The maximum Gasteiger partial charge on any atom is 0.307 e. The third-order valence-corrected chi connectivity index (χ3v) is 3.96. The Morgan fingerprint density at radius 3 is 2.71 bits per heavy atom. The maximum atomic E-state index is 12.8. The Balaban J connectivity index is 1.70. The van der Waals surface area contributed by atoms with Crippen molar-refractivity contribution in [1.82, 2.24) is 5.16 Å². The molecule has 1 aromatic heterocycles. The number of thioether (sulfide) groups is 1. The van der Waals surface area contributed by atoms with Crippen LogP contribution in [0.3, 0.4) is 0 Å². The minimum Gasteiger partial charge on any atom is -0.453 e. The van der Waals surface area contributed by atoms with Crippen LogP contribution in [0.1, 0.15) is 19.1 Å². The molecular weight excluding hydrogens is 335 g/mol. The average Bonchev–Trinajstić information content (AvgIpc) is 2.94. The fourth-order valence-electron chi connectivity index (χ4n) is 1.75. The number of rotatable bonds is 7. The maximum absolute atomic E-state index is 12.8. The van der Waals surface area contributed by atoms with E-state index in [4.69, 9.17) is 9.26 Å². The van der Waals surface area contributed by atoms with E-state index in [0.29, 0.717) is 11.5 Å². The average molecular weight is 352 g/mol. The molecule has 0 bridgehead atoms. The zero-order valence-electron chi connectivity index (χ0n) is 13.2. The minimum absolute atomic E-state index is 0.142. The summed E-state index contributed by atoms with van der Waals surface area (Å²) in [4.78, 5) is 24.5. The van der Waals surface area contributed by atoms with Gasteiger partial charge < -0.3 is 14.6 Å². The van der Waals surface area contributed by atoms with Gasteiger partial charge in [-0.1, -0.05) is 5.16 Å². The van der Waals surface area contributed by atoms with Crippen molar-refractivity contribution >= 4 is 29.5 Å². The van der Waals surface area contributed by atoms with Crippen LogP contribution in [-0.4, -0.2) is 28.9 Å². The van der Waals surface area contributed by atoms with Crippen LogP contribution in [0.25, 0.3) is 0 Å². The fraction of sp³-hybridized carbons (Fsp3) is 0.312. The van der Waals surface area contributed by atoms with Crippen LogP contribution in [0.4, 0.5) is 10.2 Å². The number of nitrogens with one attached hydrogen (secondary N) is 1. The summed E-state index contributed by atoms with van der Waals surface area (Å²) in [6, 6.07) is 7.56. The van der Waals surface area contributed by atoms with E-state index in [-0.39, 0.29) is 18.1 Å². The van der Waals surface area contributed by atoms with Crippen LogP contribution in [0.15, 0.2) is 39.8 Å². The Hall–Kier alpha value is -2.35. The molecule has 1 N–H and O–H groups in total.